The molecule has 4 fully saturated rings. The third-order valence-corrected chi connectivity index (χ3v) is 11.0. The Labute approximate surface area is 195 Å². The summed E-state index contributed by atoms with van der Waals surface area (Å²) in [7, 11) is 0. The van der Waals surface area contributed by atoms with Crippen LogP contribution in [0.3, 0.4) is 0 Å². The van der Waals surface area contributed by atoms with Crippen molar-refractivity contribution in [2.75, 3.05) is 6.61 Å². The highest BCUT2D eigenvalue weighted by molar-refractivity contribution is 5.69. The highest BCUT2D eigenvalue weighted by Crippen LogP contribution is 2.68. The number of aliphatic hydroxyl groups excluding tert-OH is 2. The van der Waals surface area contributed by atoms with Gasteiger partial charge in [-0.2, -0.15) is 0 Å². The fourth-order valence-electron chi connectivity index (χ4n) is 9.12. The molecule has 32 heavy (non-hydrogen) atoms. The first-order chi connectivity index (χ1) is 15.2. The molecule has 0 radical (unpaired) electrons. The van der Waals surface area contributed by atoms with Gasteiger partial charge in [-0.1, -0.05) is 34.1 Å². The molecule has 2 N–H and O–H groups in total. The van der Waals surface area contributed by atoms with Gasteiger partial charge in [0.25, 0.3) is 0 Å². The molecule has 0 saturated heterocycles. The summed E-state index contributed by atoms with van der Waals surface area (Å²) in [6.45, 7) is 10.0. The number of esters is 1. The van der Waals surface area contributed by atoms with E-state index in [4.69, 9.17) is 4.74 Å². The van der Waals surface area contributed by atoms with Crippen molar-refractivity contribution >= 4 is 5.97 Å². The van der Waals surface area contributed by atoms with Crippen LogP contribution < -0.4 is 0 Å². The topological polar surface area (TPSA) is 66.8 Å². The molecule has 0 amide bonds. The highest BCUT2D eigenvalue weighted by atomic mass is 16.5. The quantitative estimate of drug-likeness (QED) is 0.385. The van der Waals surface area contributed by atoms with E-state index in [1.165, 1.54) is 25.7 Å². The maximum atomic E-state index is 12.1. The molecule has 0 aromatic carbocycles. The van der Waals surface area contributed by atoms with Crippen molar-refractivity contribution in [1.82, 2.24) is 0 Å². The predicted octanol–water partition coefficient (Wildman–Crippen LogP) is 5.74. The van der Waals surface area contributed by atoms with E-state index in [0.29, 0.717) is 48.5 Å². The van der Waals surface area contributed by atoms with Crippen molar-refractivity contribution in [1.29, 1.82) is 0 Å². The zero-order valence-electron chi connectivity index (χ0n) is 21.0. The number of aliphatic hydroxyl groups is 2. The van der Waals surface area contributed by atoms with Crippen molar-refractivity contribution < 1.29 is 19.7 Å². The molecule has 0 bridgehead atoms. The van der Waals surface area contributed by atoms with Crippen LogP contribution >= 0.6 is 0 Å². The van der Waals surface area contributed by atoms with Crippen LogP contribution in [0.5, 0.6) is 0 Å². The minimum absolute atomic E-state index is 0.0325. The van der Waals surface area contributed by atoms with Crippen LogP contribution in [-0.4, -0.2) is 35.0 Å². The normalized spacial score (nSPS) is 46.6. The molecule has 10 atom stereocenters. The number of fused-ring (bicyclic) bond motifs is 5. The summed E-state index contributed by atoms with van der Waals surface area (Å²) in [5, 5.41) is 21.6. The maximum Gasteiger partial charge on any atom is 0.305 e. The average molecular weight is 449 g/mol. The van der Waals surface area contributed by atoms with E-state index in [0.717, 1.165) is 44.9 Å². The summed E-state index contributed by atoms with van der Waals surface area (Å²) >= 11 is 0. The Morgan fingerprint density at radius 1 is 1.03 bits per heavy atom. The van der Waals surface area contributed by atoms with Gasteiger partial charge in [-0.25, -0.2) is 0 Å². The van der Waals surface area contributed by atoms with Gasteiger partial charge in [0.1, 0.15) is 0 Å². The van der Waals surface area contributed by atoms with Gasteiger partial charge in [0.15, 0.2) is 0 Å². The lowest BCUT2D eigenvalue weighted by molar-refractivity contribution is -0.174. The van der Waals surface area contributed by atoms with Gasteiger partial charge in [-0.05, 0) is 111 Å². The molecule has 0 spiro atoms. The molecule has 4 aliphatic rings. The molecular formula is C28H48O4. The zero-order valence-corrected chi connectivity index (χ0v) is 21.0. The van der Waals surface area contributed by atoms with Crippen LogP contribution in [0.4, 0.5) is 0 Å². The Balaban J connectivity index is 1.42. The molecule has 4 heteroatoms. The monoisotopic (exact) mass is 448 g/mol. The lowest BCUT2D eigenvalue weighted by Crippen LogP contribution is -2.58. The molecular weight excluding hydrogens is 400 g/mol. The molecule has 0 aromatic rings. The fourth-order valence-corrected chi connectivity index (χ4v) is 9.12. The highest BCUT2D eigenvalue weighted by Gasteiger charge is 2.62. The SMILES string of the molecule is CCCCOC(=O)CC[C@@H](C)[C@H]1CC[C@H]2[C@@H]3[C@H](O)C[C@@H]4C[C@H](O)CC[C@]4(C)[C@H]3CC[C@]12C. The summed E-state index contributed by atoms with van der Waals surface area (Å²) in [4.78, 5) is 12.1. The average Bonchev–Trinajstić information content (AvgIpc) is 3.11. The van der Waals surface area contributed by atoms with Gasteiger partial charge in [0.05, 0.1) is 18.8 Å². The van der Waals surface area contributed by atoms with Gasteiger partial charge in [0.2, 0.25) is 0 Å². The van der Waals surface area contributed by atoms with E-state index in [2.05, 4.69) is 27.7 Å². The Kier molecular flexibility index (Phi) is 7.33. The van der Waals surface area contributed by atoms with Crippen molar-refractivity contribution in [3.05, 3.63) is 0 Å². The number of hydrogen-bond acceptors (Lipinski definition) is 4. The van der Waals surface area contributed by atoms with Crippen molar-refractivity contribution in [2.45, 2.75) is 117 Å². The maximum absolute atomic E-state index is 12.1. The first kappa shape index (κ1) is 24.5. The number of rotatable bonds is 7. The van der Waals surface area contributed by atoms with Crippen LogP contribution in [-0.2, 0) is 9.53 Å². The van der Waals surface area contributed by atoms with Crippen LogP contribution in [0.25, 0.3) is 0 Å². The van der Waals surface area contributed by atoms with E-state index in [9.17, 15) is 15.0 Å². The molecule has 4 aliphatic carbocycles. The second-order valence-corrected chi connectivity index (χ2v) is 12.5. The van der Waals surface area contributed by atoms with Crippen molar-refractivity contribution in [3.8, 4) is 0 Å². The Hall–Kier alpha value is -0.610. The zero-order chi connectivity index (χ0) is 23.1. The Morgan fingerprint density at radius 2 is 1.75 bits per heavy atom. The Bertz CT molecular complexity index is 664. The largest absolute Gasteiger partial charge is 0.466 e. The smallest absolute Gasteiger partial charge is 0.305 e. The minimum Gasteiger partial charge on any atom is -0.466 e. The fraction of sp³-hybridized carbons (Fsp3) is 0.964. The second kappa shape index (κ2) is 9.56. The van der Waals surface area contributed by atoms with E-state index in [1.807, 2.05) is 0 Å². The van der Waals surface area contributed by atoms with E-state index in [-0.39, 0.29) is 29.0 Å². The van der Waals surface area contributed by atoms with E-state index < -0.39 is 0 Å². The minimum atomic E-state index is -0.212. The van der Waals surface area contributed by atoms with Gasteiger partial charge >= 0.3 is 5.97 Å². The van der Waals surface area contributed by atoms with Gasteiger partial charge in [-0.3, -0.25) is 4.79 Å². The number of unbranched alkanes of at least 4 members (excludes halogenated alkanes) is 1. The molecule has 4 rings (SSSR count). The summed E-state index contributed by atoms with van der Waals surface area (Å²) in [6, 6.07) is 0. The molecule has 0 heterocycles. The summed E-state index contributed by atoms with van der Waals surface area (Å²) in [6.07, 6.45) is 11.9. The predicted molar refractivity (Wildman–Crippen MR) is 127 cm³/mol. The van der Waals surface area contributed by atoms with E-state index in [1.54, 1.807) is 0 Å². The second-order valence-electron chi connectivity index (χ2n) is 12.5. The van der Waals surface area contributed by atoms with E-state index >= 15 is 0 Å². The number of carbonyl (C=O) groups excluding carboxylic acids is 1. The van der Waals surface area contributed by atoms with Crippen LogP contribution in [0.2, 0.25) is 0 Å². The van der Waals surface area contributed by atoms with Crippen LogP contribution in [0.1, 0.15) is 105 Å². The molecule has 4 nitrogen and oxygen atoms in total. The number of carbonyl (C=O) groups is 1. The molecule has 184 valence electrons. The number of ether oxygens (including phenoxy) is 1. The molecule has 4 saturated carbocycles. The van der Waals surface area contributed by atoms with Crippen molar-refractivity contribution in [2.24, 2.45) is 46.3 Å². The van der Waals surface area contributed by atoms with Gasteiger partial charge in [0, 0.05) is 6.42 Å². The molecule has 0 aromatic heterocycles. The van der Waals surface area contributed by atoms with Gasteiger partial charge < -0.3 is 14.9 Å². The van der Waals surface area contributed by atoms with Crippen molar-refractivity contribution in [3.63, 3.8) is 0 Å². The summed E-state index contributed by atoms with van der Waals surface area (Å²) in [5.41, 5.74) is 0.571. The number of hydrogen-bond donors (Lipinski definition) is 2. The third-order valence-electron chi connectivity index (χ3n) is 11.0. The lowest BCUT2D eigenvalue weighted by atomic mass is 9.43. The van der Waals surface area contributed by atoms with Gasteiger partial charge in [-0.15, -0.1) is 0 Å². The first-order valence-electron chi connectivity index (χ1n) is 13.7. The standard InChI is InChI=1S/C28H48O4/c1-5-6-15-32-25(31)10-7-18(2)21-8-9-22-26-23(12-14-28(21,22)4)27(3)13-11-20(29)16-19(27)17-24(26)30/h18-24,26,29-30H,5-17H2,1-4H3/t18-,19+,20-,21-,22+,23+,24-,26+,27+,28-/m1/s1. The third kappa shape index (κ3) is 4.28. The lowest BCUT2D eigenvalue weighted by Gasteiger charge is -2.62. The molecule has 0 aliphatic heterocycles. The first-order valence-corrected chi connectivity index (χ1v) is 13.7. The Morgan fingerprint density at radius 3 is 2.50 bits per heavy atom. The van der Waals surface area contributed by atoms with Crippen LogP contribution in [0.15, 0.2) is 0 Å². The molecule has 0 unspecified atom stereocenters. The van der Waals surface area contributed by atoms with Crippen LogP contribution in [0, 0.1) is 46.3 Å². The summed E-state index contributed by atoms with van der Waals surface area (Å²) in [5.74, 6) is 3.23. The summed E-state index contributed by atoms with van der Waals surface area (Å²) < 4.78 is 5.39.